The summed E-state index contributed by atoms with van der Waals surface area (Å²) in [6.45, 7) is 6.13. The number of carbonyl (C=O) groups is 1. The Hall–Kier alpha value is -0.353. The number of hydrogen-bond donors (Lipinski definition) is 1. The van der Waals surface area contributed by atoms with Gasteiger partial charge in [0.05, 0.1) is 0 Å². The van der Waals surface area contributed by atoms with Crippen LogP contribution in [-0.4, -0.2) is 26.0 Å². The largest absolute Gasteiger partial charge is 0.520 e. The average Bonchev–Trinajstić information content (AvgIpc) is 2.00. The van der Waals surface area contributed by atoms with Gasteiger partial charge in [0, 0.05) is 13.0 Å². The van der Waals surface area contributed by atoms with E-state index in [-0.39, 0.29) is 12.6 Å². The van der Waals surface area contributed by atoms with E-state index in [0.29, 0.717) is 12.8 Å². The Morgan fingerprint density at radius 2 is 2.08 bits per heavy atom. The summed E-state index contributed by atoms with van der Waals surface area (Å²) in [6, 6.07) is 0.942. The predicted molar refractivity (Wildman–Crippen MR) is 50.4 cm³/mol. The zero-order chi connectivity index (χ0) is 9.61. The van der Waals surface area contributed by atoms with Gasteiger partial charge in [0.15, 0.2) is 0 Å². The van der Waals surface area contributed by atoms with E-state index in [4.69, 9.17) is 9.53 Å². The van der Waals surface area contributed by atoms with Gasteiger partial charge in [-0.3, -0.25) is 4.79 Å². The molecule has 0 spiro atoms. The molecule has 0 atom stereocenters. The molecule has 0 heterocycles. The van der Waals surface area contributed by atoms with Gasteiger partial charge in [-0.05, 0) is 25.6 Å². The first-order valence-electron chi connectivity index (χ1n) is 4.34. The lowest BCUT2D eigenvalue weighted by Crippen LogP contribution is -2.32. The van der Waals surface area contributed by atoms with Crippen LogP contribution in [0.5, 0.6) is 0 Å². The van der Waals surface area contributed by atoms with Crippen molar-refractivity contribution in [1.82, 2.24) is 0 Å². The molecule has 0 amide bonds. The number of carbonyl (C=O) groups excluding carboxylic acids is 1. The zero-order valence-electron chi connectivity index (χ0n) is 8.09. The van der Waals surface area contributed by atoms with E-state index in [0.717, 1.165) is 6.04 Å². The third-order valence-corrected chi connectivity index (χ3v) is 4.26. The van der Waals surface area contributed by atoms with Gasteiger partial charge in [0.25, 0.3) is 5.97 Å². The highest BCUT2D eigenvalue weighted by molar-refractivity contribution is 6.72. The Morgan fingerprint density at radius 3 is 2.50 bits per heavy atom. The molecule has 1 N–H and O–H groups in total. The van der Waals surface area contributed by atoms with Gasteiger partial charge in [-0.1, -0.05) is 6.92 Å². The summed E-state index contributed by atoms with van der Waals surface area (Å²) in [5.41, 5.74) is 0. The van der Waals surface area contributed by atoms with Crippen molar-refractivity contribution in [2.75, 3.05) is 6.61 Å². The molecule has 0 aliphatic rings. The average molecular weight is 190 g/mol. The number of aliphatic hydroxyl groups is 1. The van der Waals surface area contributed by atoms with E-state index in [9.17, 15) is 4.79 Å². The van der Waals surface area contributed by atoms with Crippen LogP contribution in [0.4, 0.5) is 0 Å². The lowest BCUT2D eigenvalue weighted by molar-refractivity contribution is -0.135. The van der Waals surface area contributed by atoms with Gasteiger partial charge in [-0.2, -0.15) is 0 Å². The van der Waals surface area contributed by atoms with Gasteiger partial charge < -0.3 is 9.53 Å². The number of rotatable bonds is 5. The number of aliphatic hydroxyl groups excluding tert-OH is 1. The van der Waals surface area contributed by atoms with E-state index in [2.05, 4.69) is 0 Å². The summed E-state index contributed by atoms with van der Waals surface area (Å²) in [5, 5.41) is 8.47. The Balaban J connectivity index is 3.68. The Morgan fingerprint density at radius 1 is 1.50 bits per heavy atom. The van der Waals surface area contributed by atoms with Gasteiger partial charge in [0.2, 0.25) is 8.32 Å². The van der Waals surface area contributed by atoms with Crippen molar-refractivity contribution in [3.8, 4) is 0 Å². The van der Waals surface area contributed by atoms with E-state index in [1.54, 1.807) is 0 Å². The third kappa shape index (κ3) is 5.32. The van der Waals surface area contributed by atoms with Gasteiger partial charge in [-0.15, -0.1) is 0 Å². The van der Waals surface area contributed by atoms with Crippen LogP contribution in [0.3, 0.4) is 0 Å². The summed E-state index contributed by atoms with van der Waals surface area (Å²) in [4.78, 5) is 11.1. The molecule has 0 unspecified atom stereocenters. The quantitative estimate of drug-likeness (QED) is 0.669. The van der Waals surface area contributed by atoms with Gasteiger partial charge in [0.1, 0.15) is 0 Å². The monoisotopic (exact) mass is 190 g/mol. The highest BCUT2D eigenvalue weighted by Crippen LogP contribution is 2.11. The highest BCUT2D eigenvalue weighted by atomic mass is 28.4. The minimum absolute atomic E-state index is 0.0587. The fourth-order valence-electron chi connectivity index (χ4n) is 0.655. The third-order valence-electron chi connectivity index (χ3n) is 1.78. The first-order chi connectivity index (χ1) is 5.52. The first kappa shape index (κ1) is 11.6. The normalized spacial score (nSPS) is 11.3. The van der Waals surface area contributed by atoms with Crippen LogP contribution in [0.25, 0.3) is 0 Å². The zero-order valence-corrected chi connectivity index (χ0v) is 9.09. The highest BCUT2D eigenvalue weighted by Gasteiger charge is 2.23. The van der Waals surface area contributed by atoms with Crippen molar-refractivity contribution in [2.24, 2.45) is 0 Å². The SMILES string of the molecule is CC[Si](C)(C)OC(=O)CCCO. The molecule has 0 saturated carbocycles. The summed E-state index contributed by atoms with van der Waals surface area (Å²) in [5.74, 6) is -0.164. The topological polar surface area (TPSA) is 46.5 Å². The van der Waals surface area contributed by atoms with Gasteiger partial charge >= 0.3 is 0 Å². The molecular formula is C8H18O3Si. The maximum absolute atomic E-state index is 11.1. The molecule has 0 bridgehead atoms. The summed E-state index contributed by atoms with van der Waals surface area (Å²) < 4.78 is 5.28. The minimum Gasteiger partial charge on any atom is -0.520 e. The second-order valence-electron chi connectivity index (χ2n) is 3.41. The molecule has 72 valence electrons. The maximum Gasteiger partial charge on any atom is 0.292 e. The van der Waals surface area contributed by atoms with Crippen molar-refractivity contribution < 1.29 is 14.3 Å². The fourth-order valence-corrected chi connectivity index (χ4v) is 1.52. The van der Waals surface area contributed by atoms with Crippen LogP contribution in [0.1, 0.15) is 19.8 Å². The molecule has 0 aromatic carbocycles. The summed E-state index contributed by atoms with van der Waals surface area (Å²) in [7, 11) is -1.72. The second-order valence-corrected chi connectivity index (χ2v) is 7.85. The maximum atomic E-state index is 11.1. The van der Waals surface area contributed by atoms with E-state index in [1.807, 2.05) is 20.0 Å². The lowest BCUT2D eigenvalue weighted by atomic mass is 10.3. The van der Waals surface area contributed by atoms with Gasteiger partial charge in [-0.25, -0.2) is 0 Å². The Kier molecular flexibility index (Phi) is 5.16. The smallest absolute Gasteiger partial charge is 0.292 e. The molecule has 0 aromatic rings. The van der Waals surface area contributed by atoms with Crippen molar-refractivity contribution in [2.45, 2.75) is 38.9 Å². The van der Waals surface area contributed by atoms with E-state index < -0.39 is 8.32 Å². The lowest BCUT2D eigenvalue weighted by Gasteiger charge is -2.20. The van der Waals surface area contributed by atoms with Crippen molar-refractivity contribution in [3.63, 3.8) is 0 Å². The van der Waals surface area contributed by atoms with Crippen LogP contribution in [-0.2, 0) is 9.22 Å². The van der Waals surface area contributed by atoms with Crippen molar-refractivity contribution in [3.05, 3.63) is 0 Å². The molecule has 0 saturated heterocycles. The molecule has 0 radical (unpaired) electrons. The van der Waals surface area contributed by atoms with Crippen LogP contribution in [0, 0.1) is 0 Å². The van der Waals surface area contributed by atoms with Crippen LogP contribution < -0.4 is 0 Å². The fraction of sp³-hybridized carbons (Fsp3) is 0.875. The number of hydrogen-bond acceptors (Lipinski definition) is 3. The van der Waals surface area contributed by atoms with E-state index in [1.165, 1.54) is 0 Å². The minimum atomic E-state index is -1.72. The predicted octanol–water partition coefficient (Wildman–Crippen LogP) is 1.53. The van der Waals surface area contributed by atoms with Crippen LogP contribution in [0.2, 0.25) is 19.1 Å². The molecule has 0 rings (SSSR count). The Bertz CT molecular complexity index is 145. The first-order valence-corrected chi connectivity index (χ1v) is 7.46. The summed E-state index contributed by atoms with van der Waals surface area (Å²) >= 11 is 0. The molecule has 0 aromatic heterocycles. The molecule has 0 aliphatic heterocycles. The standard InChI is InChI=1S/C8H18O3Si/c1-4-12(2,3)11-8(10)6-5-7-9/h9H,4-7H2,1-3H3. The van der Waals surface area contributed by atoms with Crippen molar-refractivity contribution >= 4 is 14.3 Å². The Labute approximate surface area is 74.9 Å². The molecule has 0 fully saturated rings. The molecule has 12 heavy (non-hydrogen) atoms. The summed E-state index contributed by atoms with van der Waals surface area (Å²) in [6.07, 6.45) is 0.847. The molecular weight excluding hydrogens is 172 g/mol. The van der Waals surface area contributed by atoms with E-state index >= 15 is 0 Å². The van der Waals surface area contributed by atoms with Crippen molar-refractivity contribution in [1.29, 1.82) is 0 Å². The van der Waals surface area contributed by atoms with Crippen LogP contribution in [0.15, 0.2) is 0 Å². The van der Waals surface area contributed by atoms with Crippen LogP contribution >= 0.6 is 0 Å². The molecule has 0 aliphatic carbocycles. The molecule has 3 nitrogen and oxygen atoms in total. The second kappa shape index (κ2) is 5.32. The molecule has 4 heteroatoms.